The molecule has 0 atom stereocenters. The van der Waals surface area contributed by atoms with Gasteiger partial charge in [0.15, 0.2) is 0 Å². The zero-order chi connectivity index (χ0) is 38.9. The predicted molar refractivity (Wildman–Crippen MR) is 192 cm³/mol. The number of rotatable bonds is 9. The van der Waals surface area contributed by atoms with Crippen LogP contribution < -0.4 is 32.7 Å². The van der Waals surface area contributed by atoms with Crippen LogP contribution in [0.15, 0.2) is 138 Å². The topological polar surface area (TPSA) is 386 Å². The van der Waals surface area contributed by atoms with Crippen LogP contribution in [-0.4, -0.2) is 36.2 Å². The first-order chi connectivity index (χ1) is 25.5. The zero-order valence-corrected chi connectivity index (χ0v) is 32.3. The first-order valence-corrected chi connectivity index (χ1v) is 17.8. The molecule has 2 radical (unpaired) electrons. The molecule has 0 fully saturated rings. The Balaban J connectivity index is 0.00000290. The van der Waals surface area contributed by atoms with E-state index < -0.39 is 75.2 Å². The average Bonchev–Trinajstić information content (AvgIpc) is 3.10. The third kappa shape index (κ3) is 10.5. The van der Waals surface area contributed by atoms with Gasteiger partial charge in [-0.15, -0.1) is 5.11 Å². The minimum absolute atomic E-state index is 0. The number of fused-ring (bicyclic) bond motifs is 1. The average molecular weight is 930 g/mol. The van der Waals surface area contributed by atoms with Crippen molar-refractivity contribution in [2.75, 3.05) is 0 Å². The van der Waals surface area contributed by atoms with Gasteiger partial charge < -0.3 is 42.9 Å². The largest absolute Gasteiger partial charge is 2.00 e. The van der Waals surface area contributed by atoms with Gasteiger partial charge >= 0.3 is 34.1 Å². The van der Waals surface area contributed by atoms with E-state index in [4.69, 9.17) is 4.55 Å². The number of aromatic hydroxyl groups is 2. The van der Waals surface area contributed by atoms with Gasteiger partial charge in [0.05, 0.1) is 33.3 Å². The summed E-state index contributed by atoms with van der Waals surface area (Å²) in [5.74, 6) is -4.08. The van der Waals surface area contributed by atoms with E-state index in [1.165, 1.54) is 54.6 Å². The van der Waals surface area contributed by atoms with Gasteiger partial charge in [-0.05, 0) is 77.9 Å². The summed E-state index contributed by atoms with van der Waals surface area (Å²) in [6.45, 7) is 0. The fraction of sp³-hybridized carbons (Fsp3) is 0. The summed E-state index contributed by atoms with van der Waals surface area (Å²) in [6, 6.07) is 18.4. The van der Waals surface area contributed by atoms with Crippen molar-refractivity contribution in [2.45, 2.75) is 9.79 Å². The Bertz CT molecular complexity index is 2810. The predicted octanol–water partition coefficient (Wildman–Crippen LogP) is 6.27. The molecule has 6 aromatic rings. The first kappa shape index (κ1) is 48.1. The molecule has 308 valence electrons. The van der Waals surface area contributed by atoms with E-state index in [-0.39, 0.29) is 86.2 Å². The van der Waals surface area contributed by atoms with Gasteiger partial charge in [0.2, 0.25) is 0 Å². The van der Waals surface area contributed by atoms with E-state index in [9.17, 15) is 52.0 Å². The summed E-state index contributed by atoms with van der Waals surface area (Å²) in [7, 11) is -9.50. The number of phenols is 2. The van der Waals surface area contributed by atoms with Crippen molar-refractivity contribution in [2.24, 2.45) is 30.7 Å². The maximum absolute atomic E-state index is 13.5. The minimum Gasteiger partial charge on any atom is -0.871 e. The second-order valence-electron chi connectivity index (χ2n) is 11.1. The molecule has 0 unspecified atom stereocenters. The summed E-state index contributed by atoms with van der Waals surface area (Å²) in [5.41, 5.74) is -0.892. The first-order valence-electron chi connectivity index (χ1n) is 14.9. The molecule has 10 N–H and O–H groups in total. The van der Waals surface area contributed by atoms with E-state index in [2.05, 4.69) is 30.7 Å². The molecule has 0 heterocycles. The molecule has 0 saturated carbocycles. The van der Waals surface area contributed by atoms with Crippen LogP contribution in [0.25, 0.3) is 21.9 Å². The number of hydrogen-bond donors (Lipinski definition) is 6. The van der Waals surface area contributed by atoms with Crippen molar-refractivity contribution in [3.05, 3.63) is 97.1 Å². The maximum Gasteiger partial charge on any atom is 2.00 e. The van der Waals surface area contributed by atoms with Crippen LogP contribution >= 0.6 is 0 Å². The van der Waals surface area contributed by atoms with Crippen molar-refractivity contribution in [3.63, 3.8) is 0 Å². The van der Waals surface area contributed by atoms with E-state index in [1.54, 1.807) is 0 Å². The molecule has 24 heteroatoms. The van der Waals surface area contributed by atoms with Crippen LogP contribution in [0.3, 0.4) is 0 Å². The summed E-state index contributed by atoms with van der Waals surface area (Å²) < 4.78 is 66.1. The van der Waals surface area contributed by atoms with Crippen molar-refractivity contribution >= 4 is 65.1 Å². The molecule has 0 spiro atoms. The Hall–Kier alpha value is -6.04. The van der Waals surface area contributed by atoms with E-state index in [1.807, 2.05) is 0 Å². The summed E-state index contributed by atoms with van der Waals surface area (Å²) in [6.07, 6.45) is 0. The number of phenolic OH excluding ortho intramolecular Hbond substituents is 2. The van der Waals surface area contributed by atoms with Crippen LogP contribution in [0.5, 0.6) is 34.5 Å². The second-order valence-corrected chi connectivity index (χ2v) is 14.0. The van der Waals surface area contributed by atoms with Gasteiger partial charge in [0.1, 0.15) is 22.1 Å². The molecule has 6 rings (SSSR count). The molecule has 0 aliphatic heterocycles. The summed E-state index contributed by atoms with van der Waals surface area (Å²) in [4.78, 5) is -1.24. The van der Waals surface area contributed by atoms with Gasteiger partial charge in [-0.2, -0.15) is 42.4 Å². The molecule has 0 aliphatic rings. The van der Waals surface area contributed by atoms with Crippen LogP contribution in [0.2, 0.25) is 0 Å². The second kappa shape index (κ2) is 18.9. The van der Waals surface area contributed by atoms with Crippen molar-refractivity contribution < 1.29 is 90.7 Å². The molecule has 6 aromatic carbocycles. The quantitative estimate of drug-likeness (QED) is 0.0529. The van der Waals surface area contributed by atoms with E-state index in [0.29, 0.717) is 11.6 Å². The molecule has 0 bridgehead atoms. The fourth-order valence-corrected chi connectivity index (χ4v) is 6.12. The van der Waals surface area contributed by atoms with Gasteiger partial charge in [-0.25, -0.2) is 0 Å². The van der Waals surface area contributed by atoms with Crippen LogP contribution in [-0.2, 0) is 54.4 Å². The molecule has 20 nitrogen and oxygen atoms in total. The third-order valence-corrected chi connectivity index (χ3v) is 9.32. The van der Waals surface area contributed by atoms with Crippen LogP contribution in [0, 0.1) is 0 Å². The van der Waals surface area contributed by atoms with Gasteiger partial charge in [0, 0.05) is 10.8 Å². The van der Waals surface area contributed by atoms with E-state index in [0.717, 1.165) is 36.4 Å². The fourth-order valence-electron chi connectivity index (χ4n) is 4.93. The molecular weight excluding hydrogens is 904 g/mol. The van der Waals surface area contributed by atoms with Gasteiger partial charge in [0.25, 0.3) is 20.2 Å². The van der Waals surface area contributed by atoms with E-state index >= 15 is 0 Å². The molecule has 0 amide bonds. The molecule has 0 saturated heterocycles. The Morgan fingerprint density at radius 1 is 0.483 bits per heavy atom. The van der Waals surface area contributed by atoms with Gasteiger partial charge in [-0.3, -0.25) is 9.11 Å². The molecule has 58 heavy (non-hydrogen) atoms. The smallest absolute Gasteiger partial charge is 0.871 e. The summed E-state index contributed by atoms with van der Waals surface area (Å²) in [5, 5.41) is 93.0. The minimum atomic E-state index is -5.02. The summed E-state index contributed by atoms with van der Waals surface area (Å²) >= 11 is 0. The Morgan fingerprint density at radius 3 is 1.40 bits per heavy atom. The van der Waals surface area contributed by atoms with Crippen LogP contribution in [0.1, 0.15) is 0 Å². The Labute approximate surface area is 349 Å². The molecule has 0 aromatic heterocycles. The SMILES string of the molecule is N.N.O=S(=O)(O)c1ccc(N=Nc2ccc3c(S(=O)(=O)O)cc(N=Nc4ccc(-c5ccc(N=Nc6ccc(O)cc6[O-])c([O-])c5)cc4[O-])c([O-])c3c2O)cc1.[Cu+2].[Cu+2]. The monoisotopic (exact) mass is 928 g/mol. The normalized spacial score (nSPS) is 11.6. The van der Waals surface area contributed by atoms with Crippen LogP contribution in [0.4, 0.5) is 34.1 Å². The maximum atomic E-state index is 13.5. The Kier molecular flexibility index (Phi) is 15.7. The Morgan fingerprint density at radius 2 is 0.931 bits per heavy atom. The number of nitrogens with zero attached hydrogens (tertiary/aromatic N) is 6. The zero-order valence-electron chi connectivity index (χ0n) is 28.8. The standard InChI is InChI=1S/C34H24N6O12S2.2Cu.2H3N/c41-20-5-11-25(30(44)15-20)37-36-23-9-1-17(13-28(23)42)18-2-10-24(29(43)14-18)38-40-27-16-31(54(50,51)52)22-8-12-26(33(45)32(22)34(27)46)39-35-19-3-6-21(7-4-19)53(47,48)49;;;;/h1-16,41-46H,(H,47,48,49)(H,50,51,52);;;2*1H3/q;2*+2;;/p-4. The number of azo groups is 3. The van der Waals surface area contributed by atoms with Gasteiger partial charge in [-0.1, -0.05) is 53.3 Å². The molecule has 0 aliphatic carbocycles. The van der Waals surface area contributed by atoms with Crippen molar-refractivity contribution in [1.29, 1.82) is 0 Å². The number of benzene rings is 6. The number of hydrogen-bond acceptors (Lipinski definition) is 18. The van der Waals surface area contributed by atoms with Crippen molar-refractivity contribution in [3.8, 4) is 45.6 Å². The van der Waals surface area contributed by atoms with Crippen molar-refractivity contribution in [1.82, 2.24) is 12.3 Å². The molecular formula is C34H26Cu2N8O12S2. The third-order valence-electron chi connectivity index (χ3n) is 7.56.